The van der Waals surface area contributed by atoms with Gasteiger partial charge in [-0.3, -0.25) is 4.79 Å². The van der Waals surface area contributed by atoms with Gasteiger partial charge in [0.25, 0.3) is 0 Å². The summed E-state index contributed by atoms with van der Waals surface area (Å²) in [5.74, 6) is 0.198. The fraction of sp³-hybridized carbons (Fsp3) is 0.400. The summed E-state index contributed by atoms with van der Waals surface area (Å²) in [4.78, 5) is 10.4. The minimum Gasteiger partial charge on any atom is -0.369 e. The van der Waals surface area contributed by atoms with Crippen molar-refractivity contribution in [2.45, 2.75) is 6.42 Å². The molecule has 5 heteroatoms. The lowest BCUT2D eigenvalue weighted by Gasteiger charge is -1.93. The maximum atomic E-state index is 10.4. The fourth-order valence-electron chi connectivity index (χ4n) is 0.623. The van der Waals surface area contributed by atoms with Crippen molar-refractivity contribution in [2.75, 3.05) is 0 Å². The molecule has 0 aromatic carbocycles. The topological polar surface area (TPSA) is 73.8 Å². The minimum atomic E-state index is -0.392. The Balaban J connectivity index is 2.74. The Bertz CT molecular complexity index is 242. The van der Waals surface area contributed by atoms with Gasteiger partial charge in [-0.25, -0.2) is 0 Å². The number of nitrogens with zero attached hydrogens (tertiary/aromatic N) is 3. The summed E-state index contributed by atoms with van der Waals surface area (Å²) < 4.78 is 1.66. The smallest absolute Gasteiger partial charge is 0.225 e. The van der Waals surface area contributed by atoms with Crippen molar-refractivity contribution in [3.63, 3.8) is 0 Å². The van der Waals surface area contributed by atoms with Gasteiger partial charge in [-0.1, -0.05) is 0 Å². The van der Waals surface area contributed by atoms with E-state index in [1.807, 2.05) is 0 Å². The molecule has 1 aromatic heterocycles. The van der Waals surface area contributed by atoms with Crippen molar-refractivity contribution in [1.82, 2.24) is 14.8 Å². The zero-order chi connectivity index (χ0) is 7.56. The van der Waals surface area contributed by atoms with E-state index in [9.17, 15) is 4.79 Å². The molecule has 1 rings (SSSR count). The third-order valence-corrected chi connectivity index (χ3v) is 1.14. The molecule has 1 aromatic rings. The molecule has 2 N–H and O–H groups in total. The van der Waals surface area contributed by atoms with Gasteiger partial charge in [0.05, 0.1) is 6.42 Å². The molecule has 0 aliphatic carbocycles. The van der Waals surface area contributed by atoms with E-state index in [1.165, 1.54) is 6.33 Å². The molecule has 1 amide bonds. The normalized spacial score (nSPS) is 9.70. The van der Waals surface area contributed by atoms with Gasteiger partial charge in [-0.15, -0.1) is 10.2 Å². The second kappa shape index (κ2) is 2.47. The molecular weight excluding hydrogens is 132 g/mol. The summed E-state index contributed by atoms with van der Waals surface area (Å²) in [6.07, 6.45) is 1.68. The number of aryl methyl sites for hydroxylation is 1. The monoisotopic (exact) mass is 140 g/mol. The highest BCUT2D eigenvalue weighted by Gasteiger charge is 2.02. The number of primary amides is 1. The highest BCUT2D eigenvalue weighted by molar-refractivity contribution is 5.75. The predicted molar refractivity (Wildman–Crippen MR) is 33.9 cm³/mol. The average molecular weight is 140 g/mol. The van der Waals surface area contributed by atoms with Gasteiger partial charge in [0.15, 0.2) is 0 Å². The predicted octanol–water partition coefficient (Wildman–Crippen LogP) is -1.16. The summed E-state index contributed by atoms with van der Waals surface area (Å²) in [6.45, 7) is 0. The first kappa shape index (κ1) is 6.73. The van der Waals surface area contributed by atoms with Gasteiger partial charge < -0.3 is 10.3 Å². The number of hydrogen-bond donors (Lipinski definition) is 1. The highest BCUT2D eigenvalue weighted by atomic mass is 16.1. The molecule has 0 radical (unpaired) electrons. The molecule has 0 saturated heterocycles. The van der Waals surface area contributed by atoms with Crippen molar-refractivity contribution in [3.8, 4) is 0 Å². The Labute approximate surface area is 57.9 Å². The molecule has 0 aliphatic heterocycles. The summed E-state index contributed by atoms with van der Waals surface area (Å²) in [5, 5.41) is 7.25. The van der Waals surface area contributed by atoms with Crippen LogP contribution in [0.15, 0.2) is 6.33 Å². The van der Waals surface area contributed by atoms with E-state index >= 15 is 0 Å². The van der Waals surface area contributed by atoms with Crippen LogP contribution in [0.1, 0.15) is 5.82 Å². The van der Waals surface area contributed by atoms with E-state index in [4.69, 9.17) is 5.73 Å². The van der Waals surface area contributed by atoms with Crippen LogP contribution in [0.2, 0.25) is 0 Å². The quantitative estimate of drug-likeness (QED) is 0.563. The second-order valence-corrected chi connectivity index (χ2v) is 2.00. The molecule has 0 bridgehead atoms. The SMILES string of the molecule is Cn1cnnc1CC(N)=O. The van der Waals surface area contributed by atoms with Crippen molar-refractivity contribution >= 4 is 5.91 Å². The number of hydrogen-bond acceptors (Lipinski definition) is 3. The number of carbonyl (C=O) groups excluding carboxylic acids is 1. The maximum absolute atomic E-state index is 10.4. The van der Waals surface area contributed by atoms with E-state index in [0.717, 1.165) is 0 Å². The Morgan fingerprint density at radius 2 is 2.60 bits per heavy atom. The van der Waals surface area contributed by atoms with E-state index in [2.05, 4.69) is 10.2 Å². The van der Waals surface area contributed by atoms with Crippen LogP contribution < -0.4 is 5.73 Å². The molecule has 0 atom stereocenters. The van der Waals surface area contributed by atoms with Gasteiger partial charge in [0, 0.05) is 7.05 Å². The number of amides is 1. The van der Waals surface area contributed by atoms with Crippen LogP contribution >= 0.6 is 0 Å². The van der Waals surface area contributed by atoms with Crippen LogP contribution in [0.4, 0.5) is 0 Å². The average Bonchev–Trinajstić information content (AvgIpc) is 2.15. The van der Waals surface area contributed by atoms with Crippen molar-refractivity contribution in [3.05, 3.63) is 12.2 Å². The molecule has 0 saturated carbocycles. The molecule has 0 fully saturated rings. The molecule has 0 unspecified atom stereocenters. The summed E-state index contributed by atoms with van der Waals surface area (Å²) in [5.41, 5.74) is 4.93. The summed E-state index contributed by atoms with van der Waals surface area (Å²) in [7, 11) is 1.76. The number of aromatic nitrogens is 3. The van der Waals surface area contributed by atoms with Gasteiger partial charge in [0.2, 0.25) is 5.91 Å². The molecule has 10 heavy (non-hydrogen) atoms. The number of carbonyl (C=O) groups is 1. The lowest BCUT2D eigenvalue weighted by atomic mass is 10.4. The summed E-state index contributed by atoms with van der Waals surface area (Å²) in [6, 6.07) is 0. The van der Waals surface area contributed by atoms with Crippen LogP contribution in [0, 0.1) is 0 Å². The van der Waals surface area contributed by atoms with E-state index in [1.54, 1.807) is 11.6 Å². The zero-order valence-corrected chi connectivity index (χ0v) is 5.61. The second-order valence-electron chi connectivity index (χ2n) is 2.00. The molecule has 1 heterocycles. The maximum Gasteiger partial charge on any atom is 0.225 e. The first-order valence-corrected chi connectivity index (χ1v) is 2.81. The van der Waals surface area contributed by atoms with E-state index in [0.29, 0.717) is 5.82 Å². The minimum absolute atomic E-state index is 0.149. The van der Waals surface area contributed by atoms with Crippen molar-refractivity contribution in [1.29, 1.82) is 0 Å². The first-order valence-electron chi connectivity index (χ1n) is 2.81. The standard InChI is InChI=1S/C5H8N4O/c1-9-3-7-8-5(9)2-4(6)10/h3H,2H2,1H3,(H2,6,10). The number of nitrogens with two attached hydrogens (primary N) is 1. The zero-order valence-electron chi connectivity index (χ0n) is 5.61. The lowest BCUT2D eigenvalue weighted by Crippen LogP contribution is -2.16. The largest absolute Gasteiger partial charge is 0.369 e. The first-order chi connectivity index (χ1) is 4.70. The third kappa shape index (κ3) is 1.31. The van der Waals surface area contributed by atoms with Gasteiger partial charge >= 0.3 is 0 Å². The Hall–Kier alpha value is -1.39. The van der Waals surface area contributed by atoms with Crippen LogP contribution in [0.25, 0.3) is 0 Å². The molecular formula is C5H8N4O. The Morgan fingerprint density at radius 3 is 3.00 bits per heavy atom. The van der Waals surface area contributed by atoms with Crippen LogP contribution in [-0.4, -0.2) is 20.7 Å². The fourth-order valence-corrected chi connectivity index (χ4v) is 0.623. The van der Waals surface area contributed by atoms with Crippen LogP contribution in [0.3, 0.4) is 0 Å². The van der Waals surface area contributed by atoms with Gasteiger partial charge in [-0.05, 0) is 0 Å². The van der Waals surface area contributed by atoms with Crippen LogP contribution in [-0.2, 0) is 18.3 Å². The Kier molecular flexibility index (Phi) is 1.66. The highest BCUT2D eigenvalue weighted by Crippen LogP contribution is 1.90. The van der Waals surface area contributed by atoms with Gasteiger partial charge in [-0.2, -0.15) is 0 Å². The van der Waals surface area contributed by atoms with Crippen molar-refractivity contribution < 1.29 is 4.79 Å². The molecule has 54 valence electrons. The summed E-state index contributed by atoms with van der Waals surface area (Å²) >= 11 is 0. The third-order valence-electron chi connectivity index (χ3n) is 1.14. The molecule has 5 nitrogen and oxygen atoms in total. The van der Waals surface area contributed by atoms with Crippen molar-refractivity contribution in [2.24, 2.45) is 12.8 Å². The number of rotatable bonds is 2. The van der Waals surface area contributed by atoms with E-state index in [-0.39, 0.29) is 6.42 Å². The molecule has 0 aliphatic rings. The van der Waals surface area contributed by atoms with Crippen LogP contribution in [0.5, 0.6) is 0 Å². The van der Waals surface area contributed by atoms with Gasteiger partial charge in [0.1, 0.15) is 12.2 Å². The lowest BCUT2D eigenvalue weighted by molar-refractivity contribution is -0.117. The van der Waals surface area contributed by atoms with E-state index < -0.39 is 5.91 Å². The Morgan fingerprint density at radius 1 is 1.90 bits per heavy atom. The molecule has 0 spiro atoms.